The fourth-order valence-electron chi connectivity index (χ4n) is 1.31. The maximum absolute atomic E-state index is 5.20. The molecule has 2 nitrogen and oxygen atoms in total. The molecule has 0 aliphatic carbocycles. The fraction of sp³-hybridized carbons (Fsp3) is 0.333. The van der Waals surface area contributed by atoms with Crippen LogP contribution in [0.4, 0.5) is 0 Å². The van der Waals surface area contributed by atoms with Crippen LogP contribution >= 0.6 is 0 Å². The summed E-state index contributed by atoms with van der Waals surface area (Å²) in [4.78, 5) is 0. The van der Waals surface area contributed by atoms with Gasteiger partial charge in [0.25, 0.3) is 0 Å². The first-order valence-electron chi connectivity index (χ1n) is 4.59. The molecule has 0 saturated heterocycles. The predicted octanol–water partition coefficient (Wildman–Crippen LogP) is 1.60. The van der Waals surface area contributed by atoms with E-state index in [1.807, 2.05) is 18.2 Å². The molecule has 14 heavy (non-hydrogen) atoms. The second-order valence-corrected chi connectivity index (χ2v) is 3.00. The van der Waals surface area contributed by atoms with Gasteiger partial charge in [-0.1, -0.05) is 36.3 Å². The van der Waals surface area contributed by atoms with Crippen molar-refractivity contribution in [2.45, 2.75) is 6.04 Å². The average molecular weight is 189 g/mol. The highest BCUT2D eigenvalue weighted by atomic mass is 16.5. The molecular formula is C12H15NO. The Bertz CT molecular complexity index is 289. The predicted molar refractivity (Wildman–Crippen MR) is 57.9 cm³/mol. The van der Waals surface area contributed by atoms with Crippen molar-refractivity contribution in [2.24, 2.45) is 0 Å². The molecule has 0 spiro atoms. The van der Waals surface area contributed by atoms with Crippen LogP contribution in [-0.2, 0) is 4.74 Å². The third-order valence-electron chi connectivity index (χ3n) is 1.99. The van der Waals surface area contributed by atoms with E-state index in [0.717, 1.165) is 0 Å². The Hall–Kier alpha value is -1.30. The van der Waals surface area contributed by atoms with Gasteiger partial charge in [-0.3, -0.25) is 5.32 Å². The standard InChI is InChI=1S/C12H15NO/c1-3-9-13-12(10-14-2)11-7-5-4-6-8-11/h1,4-8,12-13H,9-10H2,2H3. The van der Waals surface area contributed by atoms with Gasteiger partial charge >= 0.3 is 0 Å². The summed E-state index contributed by atoms with van der Waals surface area (Å²) in [6, 6.07) is 10.3. The van der Waals surface area contributed by atoms with Gasteiger partial charge in [0, 0.05) is 7.11 Å². The Labute approximate surface area is 85.3 Å². The summed E-state index contributed by atoms with van der Waals surface area (Å²) >= 11 is 0. The van der Waals surface area contributed by atoms with Crippen LogP contribution in [0.3, 0.4) is 0 Å². The molecule has 0 saturated carbocycles. The van der Waals surface area contributed by atoms with Gasteiger partial charge in [0.1, 0.15) is 0 Å². The summed E-state index contributed by atoms with van der Waals surface area (Å²) in [7, 11) is 1.69. The van der Waals surface area contributed by atoms with Crippen LogP contribution in [0.15, 0.2) is 30.3 Å². The minimum Gasteiger partial charge on any atom is -0.383 e. The van der Waals surface area contributed by atoms with E-state index >= 15 is 0 Å². The SMILES string of the molecule is C#CCNC(COC)c1ccccc1. The highest BCUT2D eigenvalue weighted by molar-refractivity contribution is 5.19. The number of terminal acetylenes is 1. The van der Waals surface area contributed by atoms with Gasteiger partial charge in [0.05, 0.1) is 19.2 Å². The van der Waals surface area contributed by atoms with Crippen LogP contribution in [-0.4, -0.2) is 20.3 Å². The molecule has 1 aromatic rings. The summed E-state index contributed by atoms with van der Waals surface area (Å²) in [6.45, 7) is 1.19. The lowest BCUT2D eigenvalue weighted by molar-refractivity contribution is 0.169. The van der Waals surface area contributed by atoms with Gasteiger partial charge in [0.15, 0.2) is 0 Å². The third kappa shape index (κ3) is 3.21. The Morgan fingerprint density at radius 3 is 2.71 bits per heavy atom. The first-order chi connectivity index (χ1) is 6.88. The average Bonchev–Trinajstić information content (AvgIpc) is 2.25. The minimum absolute atomic E-state index is 0.178. The summed E-state index contributed by atoms with van der Waals surface area (Å²) in [6.07, 6.45) is 5.20. The number of ether oxygens (including phenoxy) is 1. The summed E-state index contributed by atoms with van der Waals surface area (Å²) in [5, 5.41) is 3.23. The highest BCUT2D eigenvalue weighted by Crippen LogP contribution is 2.11. The van der Waals surface area contributed by atoms with Crippen molar-refractivity contribution in [3.05, 3.63) is 35.9 Å². The van der Waals surface area contributed by atoms with E-state index < -0.39 is 0 Å². The van der Waals surface area contributed by atoms with Crippen molar-refractivity contribution >= 4 is 0 Å². The zero-order valence-corrected chi connectivity index (χ0v) is 8.36. The molecule has 0 aliphatic rings. The number of nitrogens with one attached hydrogen (secondary N) is 1. The minimum atomic E-state index is 0.178. The van der Waals surface area contributed by atoms with Crippen LogP contribution in [0, 0.1) is 12.3 Å². The van der Waals surface area contributed by atoms with Gasteiger partial charge < -0.3 is 4.74 Å². The molecule has 0 aromatic heterocycles. The van der Waals surface area contributed by atoms with Crippen molar-refractivity contribution in [2.75, 3.05) is 20.3 Å². The molecule has 1 atom stereocenters. The second kappa shape index (κ2) is 6.20. The molecule has 1 rings (SSSR count). The van der Waals surface area contributed by atoms with Crippen molar-refractivity contribution in [3.63, 3.8) is 0 Å². The van der Waals surface area contributed by atoms with E-state index in [2.05, 4.69) is 23.4 Å². The van der Waals surface area contributed by atoms with Crippen LogP contribution in [0.25, 0.3) is 0 Å². The first-order valence-corrected chi connectivity index (χ1v) is 4.59. The van der Waals surface area contributed by atoms with Gasteiger partial charge in [-0.2, -0.15) is 0 Å². The van der Waals surface area contributed by atoms with Crippen molar-refractivity contribution in [3.8, 4) is 12.3 Å². The number of rotatable bonds is 5. The lowest BCUT2D eigenvalue weighted by Gasteiger charge is -2.16. The maximum atomic E-state index is 5.20. The van der Waals surface area contributed by atoms with E-state index in [9.17, 15) is 0 Å². The fourth-order valence-corrected chi connectivity index (χ4v) is 1.31. The van der Waals surface area contributed by atoms with Gasteiger partial charge in [-0.05, 0) is 5.56 Å². The Morgan fingerprint density at radius 1 is 1.43 bits per heavy atom. The molecule has 0 bridgehead atoms. The van der Waals surface area contributed by atoms with E-state index in [1.165, 1.54) is 5.56 Å². The van der Waals surface area contributed by atoms with Crippen molar-refractivity contribution in [1.82, 2.24) is 5.32 Å². The molecule has 74 valence electrons. The highest BCUT2D eigenvalue weighted by Gasteiger charge is 2.08. The third-order valence-corrected chi connectivity index (χ3v) is 1.99. The quantitative estimate of drug-likeness (QED) is 0.710. The van der Waals surface area contributed by atoms with E-state index in [4.69, 9.17) is 11.2 Å². The van der Waals surface area contributed by atoms with E-state index in [0.29, 0.717) is 13.2 Å². The molecule has 1 aromatic carbocycles. The summed E-state index contributed by atoms with van der Waals surface area (Å²) in [5.74, 6) is 2.56. The zero-order chi connectivity index (χ0) is 10.2. The Morgan fingerprint density at radius 2 is 2.14 bits per heavy atom. The van der Waals surface area contributed by atoms with Crippen LogP contribution in [0.2, 0.25) is 0 Å². The molecule has 1 N–H and O–H groups in total. The smallest absolute Gasteiger partial charge is 0.0657 e. The second-order valence-electron chi connectivity index (χ2n) is 3.00. The summed E-state index contributed by atoms with van der Waals surface area (Å²) < 4.78 is 5.12. The number of methoxy groups -OCH3 is 1. The number of benzene rings is 1. The monoisotopic (exact) mass is 189 g/mol. The van der Waals surface area contributed by atoms with Gasteiger partial charge in [-0.25, -0.2) is 0 Å². The first kappa shape index (κ1) is 10.8. The lowest BCUT2D eigenvalue weighted by atomic mass is 10.1. The van der Waals surface area contributed by atoms with Gasteiger partial charge in [0.2, 0.25) is 0 Å². The van der Waals surface area contributed by atoms with Crippen LogP contribution in [0.5, 0.6) is 0 Å². The van der Waals surface area contributed by atoms with Crippen LogP contribution in [0.1, 0.15) is 11.6 Å². The Balaban J connectivity index is 2.63. The molecule has 0 aliphatic heterocycles. The Kier molecular flexibility index (Phi) is 4.77. The molecule has 0 fully saturated rings. The van der Waals surface area contributed by atoms with Crippen molar-refractivity contribution < 1.29 is 4.74 Å². The van der Waals surface area contributed by atoms with E-state index in [1.54, 1.807) is 7.11 Å². The molecule has 0 heterocycles. The largest absolute Gasteiger partial charge is 0.383 e. The van der Waals surface area contributed by atoms with E-state index in [-0.39, 0.29) is 6.04 Å². The topological polar surface area (TPSA) is 21.3 Å². The number of hydrogen-bond acceptors (Lipinski definition) is 2. The normalized spacial score (nSPS) is 12.0. The number of hydrogen-bond donors (Lipinski definition) is 1. The molecular weight excluding hydrogens is 174 g/mol. The maximum Gasteiger partial charge on any atom is 0.0657 e. The molecule has 0 radical (unpaired) electrons. The lowest BCUT2D eigenvalue weighted by Crippen LogP contribution is -2.25. The van der Waals surface area contributed by atoms with Crippen LogP contribution < -0.4 is 5.32 Å². The molecule has 0 amide bonds. The molecule has 1 unspecified atom stereocenters. The zero-order valence-electron chi connectivity index (χ0n) is 8.36. The van der Waals surface area contributed by atoms with Crippen molar-refractivity contribution in [1.29, 1.82) is 0 Å². The molecule has 2 heteroatoms. The summed E-state index contributed by atoms with van der Waals surface area (Å²) in [5.41, 5.74) is 1.20. The van der Waals surface area contributed by atoms with Gasteiger partial charge in [-0.15, -0.1) is 6.42 Å².